The van der Waals surface area contributed by atoms with Gasteiger partial charge in [-0.15, -0.1) is 11.3 Å². The summed E-state index contributed by atoms with van der Waals surface area (Å²) in [7, 11) is -4.73. The first kappa shape index (κ1) is 23.5. The van der Waals surface area contributed by atoms with E-state index in [2.05, 4.69) is 24.8 Å². The molecule has 0 spiro atoms. The van der Waals surface area contributed by atoms with Crippen LogP contribution in [0.2, 0.25) is 0 Å². The van der Waals surface area contributed by atoms with Crippen molar-refractivity contribution in [2.24, 2.45) is 9.98 Å². The van der Waals surface area contributed by atoms with Gasteiger partial charge in [-0.3, -0.25) is 25.0 Å². The van der Waals surface area contributed by atoms with Crippen molar-refractivity contribution in [3.63, 3.8) is 0 Å². The lowest BCUT2D eigenvalue weighted by Crippen LogP contribution is -2.64. The van der Waals surface area contributed by atoms with Crippen LogP contribution in [-0.4, -0.2) is 61.1 Å². The van der Waals surface area contributed by atoms with Gasteiger partial charge in [0.1, 0.15) is 6.61 Å². The molecule has 2 rings (SSSR count). The van der Waals surface area contributed by atoms with Crippen molar-refractivity contribution in [1.82, 2.24) is 20.8 Å². The lowest BCUT2D eigenvalue weighted by atomic mass is 10.4. The molecule has 1 aliphatic heterocycles. The SMILES string of the molecule is CCCN=C1NC(OS(=O)(=O)O)=NC(NCCC)N1N(CC)OCc1cccs1. The number of guanidine groups is 1. The van der Waals surface area contributed by atoms with Gasteiger partial charge in [0.25, 0.3) is 0 Å². The number of rotatable bonds is 11. The highest BCUT2D eigenvalue weighted by molar-refractivity contribution is 7.81. The van der Waals surface area contributed by atoms with E-state index in [0.717, 1.165) is 17.7 Å². The van der Waals surface area contributed by atoms with Crippen LogP contribution in [0.1, 0.15) is 38.5 Å². The maximum Gasteiger partial charge on any atom is 0.449 e. The molecule has 29 heavy (non-hydrogen) atoms. The molecule has 0 fully saturated rings. The minimum Gasteiger partial charge on any atom is -0.325 e. The third-order valence-corrected chi connectivity index (χ3v) is 4.82. The minimum absolute atomic E-state index is 0.294. The largest absolute Gasteiger partial charge is 0.449 e. The van der Waals surface area contributed by atoms with E-state index in [0.29, 0.717) is 32.2 Å². The second-order valence-electron chi connectivity index (χ2n) is 5.97. The van der Waals surface area contributed by atoms with Gasteiger partial charge < -0.3 is 4.18 Å². The van der Waals surface area contributed by atoms with Crippen LogP contribution in [0.25, 0.3) is 0 Å². The van der Waals surface area contributed by atoms with Gasteiger partial charge in [-0.1, -0.05) is 25.1 Å². The average molecular weight is 449 g/mol. The van der Waals surface area contributed by atoms with E-state index in [4.69, 9.17) is 9.39 Å². The van der Waals surface area contributed by atoms with Gasteiger partial charge in [0.2, 0.25) is 12.2 Å². The molecule has 1 aromatic rings. The maximum absolute atomic E-state index is 11.2. The molecule has 0 aromatic carbocycles. The molecule has 0 aliphatic carbocycles. The van der Waals surface area contributed by atoms with Crippen molar-refractivity contribution in [2.75, 3.05) is 19.6 Å². The van der Waals surface area contributed by atoms with Gasteiger partial charge in [0.05, 0.1) is 0 Å². The van der Waals surface area contributed by atoms with Crippen LogP contribution < -0.4 is 10.6 Å². The van der Waals surface area contributed by atoms with Crippen LogP contribution in [0.4, 0.5) is 0 Å². The average Bonchev–Trinajstić information content (AvgIpc) is 3.18. The van der Waals surface area contributed by atoms with Crippen molar-refractivity contribution in [3.05, 3.63) is 22.4 Å². The topological polar surface area (TPSA) is 128 Å². The number of hydrogen-bond donors (Lipinski definition) is 3. The second-order valence-corrected chi connectivity index (χ2v) is 8.02. The number of thiophene rings is 1. The number of nitrogens with zero attached hydrogens (tertiary/aromatic N) is 4. The Morgan fingerprint density at radius 2 is 2.21 bits per heavy atom. The normalized spacial score (nSPS) is 18.8. The molecule has 3 N–H and O–H groups in total. The van der Waals surface area contributed by atoms with Gasteiger partial charge >= 0.3 is 16.4 Å². The lowest BCUT2D eigenvalue weighted by Gasteiger charge is -2.41. The molecule has 1 atom stereocenters. The molecular weight excluding hydrogens is 420 g/mol. The van der Waals surface area contributed by atoms with Crippen LogP contribution in [0.3, 0.4) is 0 Å². The van der Waals surface area contributed by atoms with E-state index in [9.17, 15) is 8.42 Å². The first-order valence-electron chi connectivity index (χ1n) is 9.39. The Kier molecular flexibility index (Phi) is 9.26. The zero-order valence-electron chi connectivity index (χ0n) is 16.7. The van der Waals surface area contributed by atoms with Gasteiger partial charge in [0, 0.05) is 18.0 Å². The molecule has 1 aromatic heterocycles. The molecule has 0 saturated carbocycles. The van der Waals surface area contributed by atoms with Crippen molar-refractivity contribution < 1.29 is 22.0 Å². The Balaban J connectivity index is 2.32. The van der Waals surface area contributed by atoms with E-state index < -0.39 is 16.7 Å². The monoisotopic (exact) mass is 448 g/mol. The Morgan fingerprint density at radius 1 is 1.41 bits per heavy atom. The Hall–Kier alpha value is -1.77. The lowest BCUT2D eigenvalue weighted by molar-refractivity contribution is -0.277. The molecular formula is C16H28N6O5S2. The van der Waals surface area contributed by atoms with Crippen molar-refractivity contribution in [3.8, 4) is 0 Å². The standard InChI is InChI=1S/C16H28N6O5S2/c1-4-9-17-14-19-16(27-29(23,24)25)20-15(18-10-5-2)22(14)21(6-3)26-12-13-8-7-11-28-13/h7-8,11,14,17H,4-6,9-10,12H2,1-3H3,(H,18,19,20)(H,23,24,25). The highest BCUT2D eigenvalue weighted by Crippen LogP contribution is 2.16. The van der Waals surface area contributed by atoms with E-state index in [-0.39, 0.29) is 6.02 Å². The van der Waals surface area contributed by atoms with Crippen LogP contribution in [0.5, 0.6) is 0 Å². The van der Waals surface area contributed by atoms with E-state index in [1.807, 2.05) is 38.3 Å². The third-order valence-electron chi connectivity index (χ3n) is 3.60. The Labute approximate surface area is 175 Å². The number of hydroxylamine groups is 1. The predicted molar refractivity (Wildman–Crippen MR) is 111 cm³/mol. The van der Waals surface area contributed by atoms with Crippen LogP contribution in [0.15, 0.2) is 27.5 Å². The number of amidine groups is 1. The predicted octanol–water partition coefficient (Wildman–Crippen LogP) is 1.55. The van der Waals surface area contributed by atoms with Crippen molar-refractivity contribution in [1.29, 1.82) is 0 Å². The maximum atomic E-state index is 11.2. The molecule has 11 nitrogen and oxygen atoms in total. The summed E-state index contributed by atoms with van der Waals surface area (Å²) < 4.78 is 35.9. The van der Waals surface area contributed by atoms with Gasteiger partial charge in [-0.25, -0.2) is 5.01 Å². The first-order chi connectivity index (χ1) is 13.9. The summed E-state index contributed by atoms with van der Waals surface area (Å²) >= 11 is 1.58. The molecule has 2 heterocycles. The summed E-state index contributed by atoms with van der Waals surface area (Å²) in [5, 5.41) is 11.1. The molecule has 0 radical (unpaired) electrons. The minimum atomic E-state index is -4.73. The molecule has 0 bridgehead atoms. The number of hydrogen-bond acceptors (Lipinski definition) is 9. The number of hydrazine groups is 1. The summed E-state index contributed by atoms with van der Waals surface area (Å²) in [5.74, 6) is 0.294. The molecule has 13 heteroatoms. The molecule has 0 saturated heterocycles. The summed E-state index contributed by atoms with van der Waals surface area (Å²) in [4.78, 5) is 15.7. The van der Waals surface area contributed by atoms with E-state index in [1.54, 1.807) is 21.5 Å². The van der Waals surface area contributed by atoms with Crippen LogP contribution >= 0.6 is 11.3 Å². The molecule has 0 amide bonds. The molecule has 1 aliphatic rings. The summed E-state index contributed by atoms with van der Waals surface area (Å²) in [6.07, 6.45) is 0.859. The van der Waals surface area contributed by atoms with Crippen LogP contribution in [-0.2, 0) is 26.0 Å². The fraction of sp³-hybridized carbons (Fsp3) is 0.625. The number of nitrogens with one attached hydrogen (secondary N) is 2. The first-order valence-corrected chi connectivity index (χ1v) is 11.6. The third kappa shape index (κ3) is 7.53. The summed E-state index contributed by atoms with van der Waals surface area (Å²) in [5.41, 5.74) is 0. The fourth-order valence-electron chi connectivity index (χ4n) is 2.41. The van der Waals surface area contributed by atoms with Crippen molar-refractivity contribution in [2.45, 2.75) is 46.5 Å². The highest BCUT2D eigenvalue weighted by Gasteiger charge is 2.34. The van der Waals surface area contributed by atoms with Crippen molar-refractivity contribution >= 4 is 33.7 Å². The van der Waals surface area contributed by atoms with Gasteiger partial charge in [-0.2, -0.15) is 13.4 Å². The summed E-state index contributed by atoms with van der Waals surface area (Å²) in [6, 6.07) is 3.55. The number of aliphatic imine (C=N–C) groups is 2. The van der Waals surface area contributed by atoms with Gasteiger partial charge in [-0.05, 0) is 37.8 Å². The van der Waals surface area contributed by atoms with E-state index in [1.165, 1.54) is 0 Å². The zero-order valence-corrected chi connectivity index (χ0v) is 18.4. The Bertz CT molecular complexity index is 784. The van der Waals surface area contributed by atoms with Gasteiger partial charge in [0.15, 0.2) is 0 Å². The fourth-order valence-corrected chi connectivity index (χ4v) is 3.30. The highest BCUT2D eigenvalue weighted by atomic mass is 32.3. The smallest absolute Gasteiger partial charge is 0.325 e. The molecule has 1 unspecified atom stereocenters. The van der Waals surface area contributed by atoms with E-state index >= 15 is 0 Å². The second kappa shape index (κ2) is 11.4. The van der Waals surface area contributed by atoms with Crippen LogP contribution in [0, 0.1) is 0 Å². The molecule has 164 valence electrons. The summed E-state index contributed by atoms with van der Waals surface area (Å²) in [6.45, 7) is 7.81. The quantitative estimate of drug-likeness (QED) is 0.341. The zero-order chi connectivity index (χ0) is 21.3. The Morgan fingerprint density at radius 3 is 2.79 bits per heavy atom.